The monoisotopic (exact) mass is 297 g/mol. The summed E-state index contributed by atoms with van der Waals surface area (Å²) in [5.74, 6) is 0.735. The van der Waals surface area contributed by atoms with Crippen molar-refractivity contribution in [2.45, 2.75) is 13.3 Å². The molecular formula is C14H20ClN3O2. The Bertz CT molecular complexity index is 448. The molecule has 0 unspecified atom stereocenters. The number of carbonyl (C=O) groups excluding carboxylic acids is 1. The van der Waals surface area contributed by atoms with Crippen LogP contribution in [0.4, 0.5) is 0 Å². The van der Waals surface area contributed by atoms with E-state index in [1.807, 2.05) is 11.0 Å². The van der Waals surface area contributed by atoms with Crippen molar-refractivity contribution in [1.29, 1.82) is 0 Å². The van der Waals surface area contributed by atoms with E-state index < -0.39 is 0 Å². The molecular weight excluding hydrogens is 278 g/mol. The molecule has 20 heavy (non-hydrogen) atoms. The molecule has 0 bridgehead atoms. The fourth-order valence-electron chi connectivity index (χ4n) is 2.22. The highest BCUT2D eigenvalue weighted by Crippen LogP contribution is 2.11. The van der Waals surface area contributed by atoms with Crippen LogP contribution in [0.3, 0.4) is 0 Å². The number of carbonyl (C=O) groups is 1. The summed E-state index contributed by atoms with van der Waals surface area (Å²) in [7, 11) is 0. The lowest BCUT2D eigenvalue weighted by atomic mass is 10.3. The Labute approximate surface area is 124 Å². The Kier molecular flexibility index (Phi) is 5.61. The van der Waals surface area contributed by atoms with Gasteiger partial charge in [0.2, 0.25) is 11.8 Å². The number of halogens is 1. The molecule has 2 rings (SSSR count). The largest absolute Gasteiger partial charge is 0.478 e. The van der Waals surface area contributed by atoms with Gasteiger partial charge >= 0.3 is 0 Å². The minimum Gasteiger partial charge on any atom is -0.478 e. The van der Waals surface area contributed by atoms with Gasteiger partial charge in [0.05, 0.1) is 6.61 Å². The van der Waals surface area contributed by atoms with Gasteiger partial charge in [0.25, 0.3) is 0 Å². The summed E-state index contributed by atoms with van der Waals surface area (Å²) >= 11 is 5.79. The summed E-state index contributed by atoms with van der Waals surface area (Å²) in [5, 5.41) is 0.447. The van der Waals surface area contributed by atoms with Crippen molar-refractivity contribution in [3.05, 3.63) is 23.4 Å². The predicted octanol–water partition coefficient (Wildman–Crippen LogP) is 1.67. The first kappa shape index (κ1) is 15.1. The maximum Gasteiger partial charge on any atom is 0.219 e. The molecule has 1 aromatic rings. The minimum atomic E-state index is 0.167. The Morgan fingerprint density at radius 3 is 2.75 bits per heavy atom. The van der Waals surface area contributed by atoms with E-state index in [0.717, 1.165) is 39.1 Å². The van der Waals surface area contributed by atoms with Crippen molar-refractivity contribution in [2.75, 3.05) is 39.3 Å². The van der Waals surface area contributed by atoms with E-state index in [-0.39, 0.29) is 5.91 Å². The highest BCUT2D eigenvalue weighted by molar-refractivity contribution is 6.29. The van der Waals surface area contributed by atoms with Gasteiger partial charge in [-0.3, -0.25) is 9.69 Å². The van der Waals surface area contributed by atoms with Gasteiger partial charge in [-0.1, -0.05) is 17.7 Å². The van der Waals surface area contributed by atoms with Crippen LogP contribution in [0.2, 0.25) is 5.15 Å². The summed E-state index contributed by atoms with van der Waals surface area (Å²) < 4.78 is 5.55. The third-order valence-electron chi connectivity index (χ3n) is 3.38. The van der Waals surface area contributed by atoms with Crippen LogP contribution >= 0.6 is 11.6 Å². The lowest BCUT2D eigenvalue weighted by Gasteiger charge is -2.34. The molecule has 0 aliphatic carbocycles. The summed E-state index contributed by atoms with van der Waals surface area (Å²) in [6, 6.07) is 5.35. The van der Waals surface area contributed by atoms with Gasteiger partial charge in [-0.05, 0) is 12.5 Å². The molecule has 0 radical (unpaired) electrons. The number of hydrogen-bond acceptors (Lipinski definition) is 4. The average molecular weight is 298 g/mol. The molecule has 0 spiro atoms. The normalized spacial score (nSPS) is 16.2. The van der Waals surface area contributed by atoms with Crippen LogP contribution in [-0.2, 0) is 4.79 Å². The molecule has 0 N–H and O–H groups in total. The summed E-state index contributed by atoms with van der Waals surface area (Å²) in [5.41, 5.74) is 0. The zero-order chi connectivity index (χ0) is 14.4. The van der Waals surface area contributed by atoms with Gasteiger partial charge in [-0.25, -0.2) is 4.98 Å². The molecule has 1 aliphatic heterocycles. The number of nitrogens with zero attached hydrogens (tertiary/aromatic N) is 3. The van der Waals surface area contributed by atoms with E-state index in [0.29, 0.717) is 17.6 Å². The molecule has 6 heteroatoms. The molecule has 5 nitrogen and oxygen atoms in total. The second kappa shape index (κ2) is 7.45. The quantitative estimate of drug-likeness (QED) is 0.613. The van der Waals surface area contributed by atoms with Gasteiger partial charge in [0, 0.05) is 45.7 Å². The van der Waals surface area contributed by atoms with E-state index in [1.54, 1.807) is 19.1 Å². The molecule has 0 atom stereocenters. The van der Waals surface area contributed by atoms with Gasteiger partial charge in [-0.2, -0.15) is 0 Å². The van der Waals surface area contributed by atoms with E-state index >= 15 is 0 Å². The number of ether oxygens (including phenoxy) is 1. The lowest BCUT2D eigenvalue weighted by molar-refractivity contribution is -0.130. The van der Waals surface area contributed by atoms with E-state index in [4.69, 9.17) is 16.3 Å². The maximum absolute atomic E-state index is 11.2. The highest BCUT2D eigenvalue weighted by atomic mass is 35.5. The van der Waals surface area contributed by atoms with Crippen molar-refractivity contribution in [3.8, 4) is 5.88 Å². The standard InChI is InChI=1S/C14H20ClN3O2/c1-12(19)18-9-7-17(8-10-18)6-3-11-20-14-5-2-4-13(15)16-14/h2,4-5H,3,6-11H2,1H3. The number of amides is 1. The van der Waals surface area contributed by atoms with Crippen molar-refractivity contribution in [3.63, 3.8) is 0 Å². The first-order valence-corrected chi connectivity index (χ1v) is 7.26. The van der Waals surface area contributed by atoms with Gasteiger partial charge in [-0.15, -0.1) is 0 Å². The molecule has 110 valence electrons. The van der Waals surface area contributed by atoms with Crippen LogP contribution in [0.5, 0.6) is 5.88 Å². The first-order valence-electron chi connectivity index (χ1n) is 6.88. The second-order valence-electron chi connectivity index (χ2n) is 4.85. The molecule has 1 saturated heterocycles. The first-order chi connectivity index (χ1) is 9.65. The third-order valence-corrected chi connectivity index (χ3v) is 3.59. The second-order valence-corrected chi connectivity index (χ2v) is 5.24. The smallest absolute Gasteiger partial charge is 0.219 e. The Morgan fingerprint density at radius 2 is 2.10 bits per heavy atom. The fraction of sp³-hybridized carbons (Fsp3) is 0.571. The van der Waals surface area contributed by atoms with Crippen molar-refractivity contribution >= 4 is 17.5 Å². The van der Waals surface area contributed by atoms with Crippen LogP contribution in [0.25, 0.3) is 0 Å². The third kappa shape index (κ3) is 4.65. The minimum absolute atomic E-state index is 0.167. The Balaban J connectivity index is 1.61. The summed E-state index contributed by atoms with van der Waals surface area (Å²) in [6.07, 6.45) is 0.939. The summed E-state index contributed by atoms with van der Waals surface area (Å²) in [4.78, 5) is 19.5. The SMILES string of the molecule is CC(=O)N1CCN(CCCOc2cccc(Cl)n2)CC1. The zero-order valence-corrected chi connectivity index (χ0v) is 12.5. The van der Waals surface area contributed by atoms with E-state index in [9.17, 15) is 4.79 Å². The maximum atomic E-state index is 11.2. The molecule has 1 aromatic heterocycles. The number of pyridine rings is 1. The van der Waals surface area contributed by atoms with Crippen molar-refractivity contribution in [2.24, 2.45) is 0 Å². The van der Waals surface area contributed by atoms with Crippen LogP contribution < -0.4 is 4.74 Å². The molecule has 1 aliphatic rings. The fourth-order valence-corrected chi connectivity index (χ4v) is 2.38. The summed E-state index contributed by atoms with van der Waals surface area (Å²) in [6.45, 7) is 6.76. The van der Waals surface area contributed by atoms with Crippen LogP contribution in [0, 0.1) is 0 Å². The molecule has 0 aromatic carbocycles. The Hall–Kier alpha value is -1.33. The lowest BCUT2D eigenvalue weighted by Crippen LogP contribution is -2.48. The number of hydrogen-bond donors (Lipinski definition) is 0. The van der Waals surface area contributed by atoms with Gasteiger partial charge in [0.15, 0.2) is 0 Å². The number of piperazine rings is 1. The topological polar surface area (TPSA) is 45.7 Å². The van der Waals surface area contributed by atoms with Gasteiger partial charge < -0.3 is 9.64 Å². The van der Waals surface area contributed by atoms with E-state index in [1.165, 1.54) is 0 Å². The molecule has 1 amide bonds. The zero-order valence-electron chi connectivity index (χ0n) is 11.7. The molecule has 2 heterocycles. The Morgan fingerprint density at radius 1 is 1.35 bits per heavy atom. The van der Waals surface area contributed by atoms with Crippen molar-refractivity contribution < 1.29 is 9.53 Å². The van der Waals surface area contributed by atoms with Crippen LogP contribution in [-0.4, -0.2) is 60.0 Å². The van der Waals surface area contributed by atoms with Crippen LogP contribution in [0.1, 0.15) is 13.3 Å². The number of rotatable bonds is 5. The molecule has 0 saturated carbocycles. The van der Waals surface area contributed by atoms with Gasteiger partial charge in [0.1, 0.15) is 5.15 Å². The van der Waals surface area contributed by atoms with Crippen LogP contribution in [0.15, 0.2) is 18.2 Å². The van der Waals surface area contributed by atoms with Crippen molar-refractivity contribution in [1.82, 2.24) is 14.8 Å². The van der Waals surface area contributed by atoms with E-state index in [2.05, 4.69) is 9.88 Å². The molecule has 1 fully saturated rings. The predicted molar refractivity (Wildman–Crippen MR) is 78.1 cm³/mol. The number of aromatic nitrogens is 1. The average Bonchev–Trinajstić information content (AvgIpc) is 2.44. The highest BCUT2D eigenvalue weighted by Gasteiger charge is 2.17.